The number of nitrogens with zero attached hydrogens (tertiary/aromatic N) is 3. The molecule has 0 aromatic carbocycles. The maximum Gasteiger partial charge on any atom is 0.141 e. The third-order valence-corrected chi connectivity index (χ3v) is 3.36. The van der Waals surface area contributed by atoms with E-state index in [4.69, 9.17) is 0 Å². The van der Waals surface area contributed by atoms with E-state index < -0.39 is 11.4 Å². The number of aromatic nitrogens is 3. The molecule has 0 radical (unpaired) electrons. The minimum Gasteiger partial charge on any atom is -0.383 e. The Kier molecular flexibility index (Phi) is 3.66. The van der Waals surface area contributed by atoms with Crippen molar-refractivity contribution in [1.29, 1.82) is 0 Å². The van der Waals surface area contributed by atoms with E-state index in [1.807, 2.05) is 27.0 Å². The average molecular weight is 263 g/mol. The minimum absolute atomic E-state index is 0.402. The molecule has 0 aliphatic heterocycles. The van der Waals surface area contributed by atoms with Crippen molar-refractivity contribution in [2.45, 2.75) is 32.3 Å². The average Bonchev–Trinajstić information content (AvgIpc) is 2.68. The molecule has 2 aromatic rings. The zero-order chi connectivity index (χ0) is 14.0. The molecule has 0 fully saturated rings. The Balaban J connectivity index is 2.32. The maximum absolute atomic E-state index is 12.9. The van der Waals surface area contributed by atoms with E-state index in [2.05, 4.69) is 10.1 Å². The number of rotatable bonds is 4. The molecule has 0 aliphatic carbocycles. The summed E-state index contributed by atoms with van der Waals surface area (Å²) in [7, 11) is 1.84. The number of aryl methyl sites for hydroxylation is 2. The van der Waals surface area contributed by atoms with E-state index in [0.717, 1.165) is 17.6 Å². The molecule has 0 saturated heterocycles. The minimum atomic E-state index is -1.10. The Hall–Kier alpha value is -1.75. The second-order valence-electron chi connectivity index (χ2n) is 4.82. The highest BCUT2D eigenvalue weighted by molar-refractivity contribution is 5.19. The summed E-state index contributed by atoms with van der Waals surface area (Å²) in [6, 6.07) is 4.78. The van der Waals surface area contributed by atoms with Crippen LogP contribution in [0.5, 0.6) is 0 Å². The summed E-state index contributed by atoms with van der Waals surface area (Å²) < 4.78 is 14.7. The molecule has 1 N–H and O–H groups in total. The third-order valence-electron chi connectivity index (χ3n) is 3.36. The first kappa shape index (κ1) is 13.7. The van der Waals surface area contributed by atoms with Gasteiger partial charge in [0.2, 0.25) is 0 Å². The van der Waals surface area contributed by atoms with E-state index >= 15 is 0 Å². The molecule has 2 heterocycles. The van der Waals surface area contributed by atoms with Crippen molar-refractivity contribution < 1.29 is 9.50 Å². The smallest absolute Gasteiger partial charge is 0.141 e. The molecule has 102 valence electrons. The molecule has 0 spiro atoms. The van der Waals surface area contributed by atoms with Crippen molar-refractivity contribution in [3.63, 3.8) is 0 Å². The van der Waals surface area contributed by atoms with Gasteiger partial charge in [-0.2, -0.15) is 5.10 Å². The molecule has 0 aliphatic rings. The highest BCUT2D eigenvalue weighted by Gasteiger charge is 2.30. The lowest BCUT2D eigenvalue weighted by Crippen LogP contribution is -2.30. The summed E-state index contributed by atoms with van der Waals surface area (Å²) in [4.78, 5) is 4.00. The molecule has 0 amide bonds. The van der Waals surface area contributed by atoms with Crippen LogP contribution in [0.1, 0.15) is 30.4 Å². The van der Waals surface area contributed by atoms with Crippen molar-refractivity contribution in [2.75, 3.05) is 0 Å². The third kappa shape index (κ3) is 2.81. The Morgan fingerprint density at radius 1 is 1.42 bits per heavy atom. The number of hydrogen-bond donors (Lipinski definition) is 1. The van der Waals surface area contributed by atoms with E-state index in [-0.39, 0.29) is 0 Å². The second kappa shape index (κ2) is 5.09. The summed E-state index contributed by atoms with van der Waals surface area (Å²) in [5.41, 5.74) is 1.21. The summed E-state index contributed by atoms with van der Waals surface area (Å²) in [5, 5.41) is 15.0. The predicted octanol–water partition coefficient (Wildman–Crippen LogP) is 2.10. The highest BCUT2D eigenvalue weighted by atomic mass is 19.1. The monoisotopic (exact) mass is 263 g/mol. The van der Waals surface area contributed by atoms with Crippen LogP contribution >= 0.6 is 0 Å². The lowest BCUT2D eigenvalue weighted by atomic mass is 9.90. The van der Waals surface area contributed by atoms with Gasteiger partial charge in [-0.3, -0.25) is 9.67 Å². The van der Waals surface area contributed by atoms with Crippen molar-refractivity contribution >= 4 is 0 Å². The Bertz CT molecular complexity index is 565. The fourth-order valence-electron chi connectivity index (χ4n) is 2.18. The Morgan fingerprint density at radius 3 is 2.63 bits per heavy atom. The van der Waals surface area contributed by atoms with Gasteiger partial charge in [-0.25, -0.2) is 4.39 Å². The number of hydrogen-bond acceptors (Lipinski definition) is 3. The first-order valence-electron chi connectivity index (χ1n) is 6.28. The predicted molar refractivity (Wildman–Crippen MR) is 70.0 cm³/mol. The molecule has 2 rings (SSSR count). The van der Waals surface area contributed by atoms with Crippen LogP contribution in [0.4, 0.5) is 4.39 Å². The molecule has 1 atom stereocenters. The van der Waals surface area contributed by atoms with Crippen LogP contribution in [0, 0.1) is 12.7 Å². The van der Waals surface area contributed by atoms with Crippen LogP contribution in [0.25, 0.3) is 0 Å². The van der Waals surface area contributed by atoms with E-state index in [0.29, 0.717) is 18.5 Å². The van der Waals surface area contributed by atoms with Gasteiger partial charge in [-0.1, -0.05) is 6.92 Å². The molecular weight excluding hydrogens is 245 g/mol. The molecule has 4 nitrogen and oxygen atoms in total. The number of halogens is 1. The molecule has 5 heteroatoms. The Labute approximate surface area is 111 Å². The summed E-state index contributed by atoms with van der Waals surface area (Å²) in [5.74, 6) is -0.404. The van der Waals surface area contributed by atoms with Gasteiger partial charge in [0.1, 0.15) is 11.4 Å². The molecule has 2 aromatic heterocycles. The van der Waals surface area contributed by atoms with Crippen LogP contribution in [0.3, 0.4) is 0 Å². The zero-order valence-electron chi connectivity index (χ0n) is 11.4. The van der Waals surface area contributed by atoms with Crippen molar-refractivity contribution in [3.05, 3.63) is 47.3 Å². The van der Waals surface area contributed by atoms with Crippen LogP contribution in [-0.4, -0.2) is 19.9 Å². The fourth-order valence-corrected chi connectivity index (χ4v) is 2.18. The fraction of sp³-hybridized carbons (Fsp3) is 0.429. The summed E-state index contributed by atoms with van der Waals surface area (Å²) in [6.07, 6.45) is 2.03. The SMILES string of the molecule is CCC(O)(Cc1cc(C)nn1C)c1ccc(F)cn1. The molecule has 0 bridgehead atoms. The van der Waals surface area contributed by atoms with Crippen LogP contribution < -0.4 is 0 Å². The van der Waals surface area contributed by atoms with Gasteiger partial charge in [0.25, 0.3) is 0 Å². The van der Waals surface area contributed by atoms with Crippen LogP contribution in [0.15, 0.2) is 24.4 Å². The second-order valence-corrected chi connectivity index (χ2v) is 4.82. The quantitative estimate of drug-likeness (QED) is 0.919. The van der Waals surface area contributed by atoms with E-state index in [1.54, 1.807) is 4.68 Å². The maximum atomic E-state index is 12.9. The molecule has 19 heavy (non-hydrogen) atoms. The normalized spacial score (nSPS) is 14.4. The Morgan fingerprint density at radius 2 is 2.16 bits per heavy atom. The highest BCUT2D eigenvalue weighted by Crippen LogP contribution is 2.27. The number of pyridine rings is 1. The van der Waals surface area contributed by atoms with Gasteiger partial charge in [0.15, 0.2) is 0 Å². The standard InChI is InChI=1S/C14H18FN3O/c1-4-14(19,13-6-5-11(15)9-16-13)8-12-7-10(2)17-18(12)3/h5-7,9,19H,4,8H2,1-3H3. The van der Waals surface area contributed by atoms with Crippen molar-refractivity contribution in [3.8, 4) is 0 Å². The lowest BCUT2D eigenvalue weighted by Gasteiger charge is -2.26. The van der Waals surface area contributed by atoms with Crippen molar-refractivity contribution in [1.82, 2.24) is 14.8 Å². The van der Waals surface area contributed by atoms with Gasteiger partial charge in [0, 0.05) is 19.2 Å². The van der Waals surface area contributed by atoms with Gasteiger partial charge < -0.3 is 5.11 Å². The van der Waals surface area contributed by atoms with Gasteiger partial charge in [0.05, 0.1) is 17.6 Å². The largest absolute Gasteiger partial charge is 0.383 e. The molecule has 0 saturated carbocycles. The molecular formula is C14H18FN3O. The number of aliphatic hydroxyl groups is 1. The van der Waals surface area contributed by atoms with E-state index in [1.165, 1.54) is 12.1 Å². The molecule has 1 unspecified atom stereocenters. The first-order chi connectivity index (χ1) is 8.94. The van der Waals surface area contributed by atoms with Gasteiger partial charge >= 0.3 is 0 Å². The summed E-state index contributed by atoms with van der Waals surface area (Å²) in [6.45, 7) is 3.79. The van der Waals surface area contributed by atoms with Crippen molar-refractivity contribution in [2.24, 2.45) is 7.05 Å². The first-order valence-corrected chi connectivity index (χ1v) is 6.28. The van der Waals surface area contributed by atoms with E-state index in [9.17, 15) is 9.50 Å². The van der Waals surface area contributed by atoms with Gasteiger partial charge in [-0.15, -0.1) is 0 Å². The van der Waals surface area contributed by atoms with Crippen LogP contribution in [0.2, 0.25) is 0 Å². The summed E-state index contributed by atoms with van der Waals surface area (Å²) >= 11 is 0. The topological polar surface area (TPSA) is 50.9 Å². The zero-order valence-corrected chi connectivity index (χ0v) is 11.4. The van der Waals surface area contributed by atoms with Crippen LogP contribution in [-0.2, 0) is 19.1 Å². The lowest BCUT2D eigenvalue weighted by molar-refractivity contribution is 0.0264. The van der Waals surface area contributed by atoms with Gasteiger partial charge in [-0.05, 0) is 31.5 Å².